The van der Waals surface area contributed by atoms with E-state index in [0.29, 0.717) is 24.8 Å². The van der Waals surface area contributed by atoms with Gasteiger partial charge < -0.3 is 10.0 Å². The lowest BCUT2D eigenvalue weighted by Crippen LogP contribution is -2.41. The first kappa shape index (κ1) is 14.4. The van der Waals surface area contributed by atoms with E-state index in [1.54, 1.807) is 0 Å². The van der Waals surface area contributed by atoms with E-state index in [1.165, 1.54) is 0 Å². The van der Waals surface area contributed by atoms with Crippen molar-refractivity contribution in [2.24, 2.45) is 11.3 Å². The van der Waals surface area contributed by atoms with E-state index < -0.39 is 11.4 Å². The molecule has 2 aliphatic rings. The summed E-state index contributed by atoms with van der Waals surface area (Å²) in [6, 6.07) is 0.377. The van der Waals surface area contributed by atoms with Crippen molar-refractivity contribution in [3.8, 4) is 0 Å². The second-order valence-electron chi connectivity index (χ2n) is 6.64. The van der Waals surface area contributed by atoms with Crippen LogP contribution in [0, 0.1) is 11.3 Å². The maximum Gasteiger partial charge on any atom is 0.310 e. The highest BCUT2D eigenvalue weighted by atomic mass is 16.4. The lowest BCUT2D eigenvalue weighted by Gasteiger charge is -2.29. The van der Waals surface area contributed by atoms with Crippen LogP contribution >= 0.6 is 0 Å². The van der Waals surface area contributed by atoms with Crippen molar-refractivity contribution in [1.82, 2.24) is 4.90 Å². The third-order valence-corrected chi connectivity index (χ3v) is 4.37. The quantitative estimate of drug-likeness (QED) is 0.805. The molecule has 2 aliphatic carbocycles. The van der Waals surface area contributed by atoms with Crippen LogP contribution < -0.4 is 0 Å². The molecule has 0 saturated heterocycles. The summed E-state index contributed by atoms with van der Waals surface area (Å²) in [4.78, 5) is 25.9. The number of rotatable bonds is 6. The third-order valence-electron chi connectivity index (χ3n) is 4.37. The largest absolute Gasteiger partial charge is 0.481 e. The maximum absolute atomic E-state index is 12.5. The molecule has 0 spiro atoms. The zero-order chi connectivity index (χ0) is 14.0. The Kier molecular flexibility index (Phi) is 4.16. The van der Waals surface area contributed by atoms with Gasteiger partial charge in [-0.2, -0.15) is 0 Å². The highest BCUT2D eigenvalue weighted by Gasteiger charge is 2.45. The Hall–Kier alpha value is -1.06. The number of carbonyl (C=O) groups is 2. The van der Waals surface area contributed by atoms with Gasteiger partial charge >= 0.3 is 5.97 Å². The summed E-state index contributed by atoms with van der Waals surface area (Å²) in [6.45, 7) is 4.97. The molecule has 0 aromatic heterocycles. The summed E-state index contributed by atoms with van der Waals surface area (Å²) in [5, 5.41) is 9.46. The van der Waals surface area contributed by atoms with Crippen molar-refractivity contribution in [1.29, 1.82) is 0 Å². The van der Waals surface area contributed by atoms with Gasteiger partial charge in [0.15, 0.2) is 0 Å². The van der Waals surface area contributed by atoms with Crippen LogP contribution in [0.5, 0.6) is 0 Å². The molecule has 4 nitrogen and oxygen atoms in total. The normalized spacial score (nSPS) is 21.6. The highest BCUT2D eigenvalue weighted by molar-refractivity contribution is 5.85. The van der Waals surface area contributed by atoms with Crippen molar-refractivity contribution in [3.63, 3.8) is 0 Å². The van der Waals surface area contributed by atoms with Crippen LogP contribution in [0.2, 0.25) is 0 Å². The highest BCUT2D eigenvalue weighted by Crippen LogP contribution is 2.42. The molecule has 0 atom stereocenters. The maximum atomic E-state index is 12.5. The topological polar surface area (TPSA) is 57.6 Å². The van der Waals surface area contributed by atoms with E-state index in [1.807, 2.05) is 4.90 Å². The predicted octanol–water partition coefficient (Wildman–Crippen LogP) is 2.67. The second kappa shape index (κ2) is 5.51. The lowest BCUT2D eigenvalue weighted by atomic mass is 9.82. The minimum atomic E-state index is -0.779. The molecule has 0 aromatic carbocycles. The number of amides is 1. The van der Waals surface area contributed by atoms with E-state index in [2.05, 4.69) is 13.8 Å². The molecule has 4 heteroatoms. The number of hydrogen-bond acceptors (Lipinski definition) is 2. The van der Waals surface area contributed by atoms with Crippen molar-refractivity contribution in [2.45, 2.75) is 64.8 Å². The van der Waals surface area contributed by atoms with E-state index in [-0.39, 0.29) is 12.3 Å². The summed E-state index contributed by atoms with van der Waals surface area (Å²) in [7, 11) is 0. The fourth-order valence-electron chi connectivity index (χ4n) is 3.14. The van der Waals surface area contributed by atoms with Crippen LogP contribution in [0.25, 0.3) is 0 Å². The monoisotopic (exact) mass is 267 g/mol. The zero-order valence-corrected chi connectivity index (χ0v) is 12.0. The van der Waals surface area contributed by atoms with Gasteiger partial charge in [-0.1, -0.05) is 26.7 Å². The molecule has 0 aliphatic heterocycles. The number of carboxylic acids is 1. The van der Waals surface area contributed by atoms with Crippen LogP contribution in [0.1, 0.15) is 58.8 Å². The first-order chi connectivity index (χ1) is 8.94. The van der Waals surface area contributed by atoms with E-state index in [0.717, 1.165) is 32.2 Å². The predicted molar refractivity (Wildman–Crippen MR) is 72.7 cm³/mol. The molecular formula is C15H25NO3. The molecule has 0 unspecified atom stereocenters. The Morgan fingerprint density at radius 1 is 1.26 bits per heavy atom. The minimum Gasteiger partial charge on any atom is -0.481 e. The summed E-state index contributed by atoms with van der Waals surface area (Å²) < 4.78 is 0. The van der Waals surface area contributed by atoms with Crippen LogP contribution in [-0.4, -0.2) is 34.5 Å². The SMILES string of the molecule is CC(C)CN(C(=O)CC1(C(=O)O)CCCC1)C1CC1. The second-order valence-corrected chi connectivity index (χ2v) is 6.64. The van der Waals surface area contributed by atoms with Gasteiger partial charge in [0.25, 0.3) is 0 Å². The molecule has 2 rings (SSSR count). The van der Waals surface area contributed by atoms with Gasteiger partial charge in [0, 0.05) is 19.0 Å². The summed E-state index contributed by atoms with van der Waals surface area (Å²) in [6.07, 6.45) is 5.56. The molecule has 1 N–H and O–H groups in total. The van der Waals surface area contributed by atoms with Crippen LogP contribution in [0.4, 0.5) is 0 Å². The molecule has 108 valence electrons. The van der Waals surface area contributed by atoms with Crippen LogP contribution in [-0.2, 0) is 9.59 Å². The van der Waals surface area contributed by atoms with Gasteiger partial charge in [0.05, 0.1) is 5.41 Å². The number of carbonyl (C=O) groups excluding carboxylic acids is 1. The molecule has 0 bridgehead atoms. The van der Waals surface area contributed by atoms with Gasteiger partial charge in [0.1, 0.15) is 0 Å². The molecular weight excluding hydrogens is 242 g/mol. The van der Waals surface area contributed by atoms with Gasteiger partial charge in [-0.05, 0) is 31.6 Å². The number of carboxylic acid groups (broad SMARTS) is 1. The fraction of sp³-hybridized carbons (Fsp3) is 0.867. The van der Waals surface area contributed by atoms with Crippen molar-refractivity contribution < 1.29 is 14.7 Å². The first-order valence-corrected chi connectivity index (χ1v) is 7.47. The fourth-order valence-corrected chi connectivity index (χ4v) is 3.14. The summed E-state index contributed by atoms with van der Waals surface area (Å²) >= 11 is 0. The van der Waals surface area contributed by atoms with Gasteiger partial charge in [-0.25, -0.2) is 0 Å². The van der Waals surface area contributed by atoms with E-state index in [4.69, 9.17) is 0 Å². The average molecular weight is 267 g/mol. The first-order valence-electron chi connectivity index (χ1n) is 7.47. The number of aliphatic carboxylic acids is 1. The van der Waals surface area contributed by atoms with Crippen LogP contribution in [0.15, 0.2) is 0 Å². The minimum absolute atomic E-state index is 0.0560. The Morgan fingerprint density at radius 3 is 2.26 bits per heavy atom. The Bertz CT molecular complexity index is 354. The Morgan fingerprint density at radius 2 is 1.84 bits per heavy atom. The number of nitrogens with zero attached hydrogens (tertiary/aromatic N) is 1. The third kappa shape index (κ3) is 3.28. The lowest BCUT2D eigenvalue weighted by molar-refractivity contribution is -0.153. The van der Waals surface area contributed by atoms with E-state index in [9.17, 15) is 14.7 Å². The van der Waals surface area contributed by atoms with E-state index >= 15 is 0 Å². The smallest absolute Gasteiger partial charge is 0.310 e. The molecule has 19 heavy (non-hydrogen) atoms. The van der Waals surface area contributed by atoms with Crippen LogP contribution in [0.3, 0.4) is 0 Å². The van der Waals surface area contributed by atoms with Gasteiger partial charge in [0.2, 0.25) is 5.91 Å². The molecule has 2 saturated carbocycles. The average Bonchev–Trinajstić information content (AvgIpc) is 3.05. The standard InChI is InChI=1S/C15H25NO3/c1-11(2)10-16(12-5-6-12)13(17)9-15(14(18)19)7-3-4-8-15/h11-12H,3-10H2,1-2H3,(H,18,19). The van der Waals surface area contributed by atoms with Crippen molar-refractivity contribution >= 4 is 11.9 Å². The molecule has 0 heterocycles. The van der Waals surface area contributed by atoms with Gasteiger partial charge in [-0.15, -0.1) is 0 Å². The Labute approximate surface area is 115 Å². The summed E-state index contributed by atoms with van der Waals surface area (Å²) in [5.41, 5.74) is -0.777. The molecule has 1 amide bonds. The molecule has 0 radical (unpaired) electrons. The van der Waals surface area contributed by atoms with Gasteiger partial charge in [-0.3, -0.25) is 9.59 Å². The summed E-state index contributed by atoms with van der Waals surface area (Å²) in [5.74, 6) is -0.284. The zero-order valence-electron chi connectivity index (χ0n) is 12.0. The Balaban J connectivity index is 2.03. The number of hydrogen-bond donors (Lipinski definition) is 1. The van der Waals surface area contributed by atoms with Crippen molar-refractivity contribution in [2.75, 3.05) is 6.54 Å². The van der Waals surface area contributed by atoms with Crippen molar-refractivity contribution in [3.05, 3.63) is 0 Å². The molecule has 0 aromatic rings. The molecule has 2 fully saturated rings.